The quantitative estimate of drug-likeness (QED) is 0.871. The summed E-state index contributed by atoms with van der Waals surface area (Å²) in [5, 5.41) is 3.67. The molecule has 0 aliphatic heterocycles. The minimum atomic E-state index is -0.381. The Balaban J connectivity index is 2.07. The normalized spacial score (nSPS) is 12.6. The highest BCUT2D eigenvalue weighted by Gasteiger charge is 2.12. The van der Waals surface area contributed by atoms with E-state index in [1.54, 1.807) is 12.1 Å². The Hall–Kier alpha value is -1.42. The molecule has 2 rings (SSSR count). The Labute approximate surface area is 130 Å². The van der Waals surface area contributed by atoms with Crippen LogP contribution in [0.25, 0.3) is 0 Å². The van der Waals surface area contributed by atoms with Crippen molar-refractivity contribution in [3.63, 3.8) is 0 Å². The van der Waals surface area contributed by atoms with E-state index in [0.29, 0.717) is 6.54 Å². The molecule has 0 saturated carbocycles. The summed E-state index contributed by atoms with van der Waals surface area (Å²) in [4.78, 5) is 2.14. The summed E-state index contributed by atoms with van der Waals surface area (Å²) < 4.78 is 13.2. The maximum Gasteiger partial charge on any atom is 0.141 e. The van der Waals surface area contributed by atoms with Gasteiger partial charge >= 0.3 is 0 Å². The molecule has 1 atom stereocenters. The van der Waals surface area contributed by atoms with Crippen LogP contribution in [0, 0.1) is 5.82 Å². The van der Waals surface area contributed by atoms with E-state index in [-0.39, 0.29) is 16.9 Å². The summed E-state index contributed by atoms with van der Waals surface area (Å²) in [7, 11) is 4.10. The Morgan fingerprint density at radius 2 is 1.86 bits per heavy atom. The van der Waals surface area contributed by atoms with Crippen molar-refractivity contribution in [3.05, 3.63) is 70.5 Å². The molecule has 0 radical (unpaired) electrons. The van der Waals surface area contributed by atoms with Crippen molar-refractivity contribution in [1.82, 2.24) is 10.2 Å². The molecule has 0 fully saturated rings. The zero-order valence-electron chi connectivity index (χ0n) is 12.3. The summed E-state index contributed by atoms with van der Waals surface area (Å²) in [5.74, 6) is -0.381. The van der Waals surface area contributed by atoms with Crippen molar-refractivity contribution in [2.24, 2.45) is 0 Å². The van der Waals surface area contributed by atoms with Gasteiger partial charge in [-0.15, -0.1) is 0 Å². The van der Waals surface area contributed by atoms with Crippen LogP contribution in [0.1, 0.15) is 17.2 Å². The van der Waals surface area contributed by atoms with Crippen molar-refractivity contribution in [1.29, 1.82) is 0 Å². The Kier molecular flexibility index (Phi) is 5.74. The first-order valence-electron chi connectivity index (χ1n) is 6.93. The van der Waals surface area contributed by atoms with Gasteiger partial charge < -0.3 is 10.2 Å². The second-order valence-corrected chi connectivity index (χ2v) is 5.76. The molecule has 21 heavy (non-hydrogen) atoms. The topological polar surface area (TPSA) is 15.3 Å². The molecule has 2 nitrogen and oxygen atoms in total. The van der Waals surface area contributed by atoms with Gasteiger partial charge in [0.05, 0.1) is 5.02 Å². The van der Waals surface area contributed by atoms with Crippen LogP contribution in [-0.4, -0.2) is 25.5 Å². The smallest absolute Gasteiger partial charge is 0.141 e. The lowest BCUT2D eigenvalue weighted by molar-refractivity contribution is 0.340. The third-order valence-electron chi connectivity index (χ3n) is 3.29. The first-order valence-corrected chi connectivity index (χ1v) is 7.31. The molecular formula is C17H20ClFN2. The third-order valence-corrected chi connectivity index (χ3v) is 3.58. The van der Waals surface area contributed by atoms with Crippen LogP contribution in [0.15, 0.2) is 48.5 Å². The van der Waals surface area contributed by atoms with Crippen LogP contribution in [-0.2, 0) is 6.54 Å². The van der Waals surface area contributed by atoms with Gasteiger partial charge in [-0.3, -0.25) is 0 Å². The number of nitrogens with one attached hydrogen (secondary N) is 1. The van der Waals surface area contributed by atoms with Gasteiger partial charge in [-0.05, 0) is 37.4 Å². The largest absolute Gasteiger partial charge is 0.308 e. The molecule has 2 aromatic rings. The van der Waals surface area contributed by atoms with Crippen molar-refractivity contribution in [3.8, 4) is 0 Å². The number of hydrogen-bond acceptors (Lipinski definition) is 2. The van der Waals surface area contributed by atoms with Crippen molar-refractivity contribution in [2.45, 2.75) is 12.6 Å². The van der Waals surface area contributed by atoms with Gasteiger partial charge in [-0.25, -0.2) is 4.39 Å². The van der Waals surface area contributed by atoms with E-state index in [9.17, 15) is 4.39 Å². The minimum absolute atomic E-state index is 0.165. The van der Waals surface area contributed by atoms with Crippen molar-refractivity contribution < 1.29 is 4.39 Å². The molecule has 0 amide bonds. The van der Waals surface area contributed by atoms with Gasteiger partial charge in [0.1, 0.15) is 5.82 Å². The average Bonchev–Trinajstić information content (AvgIpc) is 2.47. The Morgan fingerprint density at radius 1 is 1.14 bits per heavy atom. The SMILES string of the molecule is CN(C)CC(NCc1ccc(F)c(Cl)c1)c1ccccc1. The molecule has 0 spiro atoms. The van der Waals surface area contributed by atoms with Gasteiger partial charge in [-0.1, -0.05) is 48.0 Å². The Morgan fingerprint density at radius 3 is 2.48 bits per heavy atom. The van der Waals surface area contributed by atoms with Crippen LogP contribution < -0.4 is 5.32 Å². The zero-order valence-corrected chi connectivity index (χ0v) is 13.1. The molecule has 0 bridgehead atoms. The lowest BCUT2D eigenvalue weighted by Gasteiger charge is -2.23. The monoisotopic (exact) mass is 306 g/mol. The number of halogens is 2. The number of hydrogen-bond donors (Lipinski definition) is 1. The molecule has 4 heteroatoms. The maximum atomic E-state index is 13.2. The van der Waals surface area contributed by atoms with Gasteiger partial charge in [0.15, 0.2) is 0 Å². The molecular weight excluding hydrogens is 287 g/mol. The molecule has 0 aromatic heterocycles. The van der Waals surface area contributed by atoms with E-state index < -0.39 is 0 Å². The predicted octanol–water partition coefficient (Wildman–Crippen LogP) is 3.87. The molecule has 1 N–H and O–H groups in total. The van der Waals surface area contributed by atoms with E-state index in [1.165, 1.54) is 11.6 Å². The summed E-state index contributed by atoms with van der Waals surface area (Å²) in [6, 6.07) is 15.3. The lowest BCUT2D eigenvalue weighted by Crippen LogP contribution is -2.30. The third kappa shape index (κ3) is 4.81. The highest BCUT2D eigenvalue weighted by Crippen LogP contribution is 2.18. The van der Waals surface area contributed by atoms with E-state index in [4.69, 9.17) is 11.6 Å². The summed E-state index contributed by atoms with van der Waals surface area (Å²) in [5.41, 5.74) is 2.21. The van der Waals surface area contributed by atoms with E-state index in [0.717, 1.165) is 12.1 Å². The fourth-order valence-electron chi connectivity index (χ4n) is 2.23. The van der Waals surface area contributed by atoms with E-state index in [1.807, 2.05) is 32.3 Å². The minimum Gasteiger partial charge on any atom is -0.308 e. The van der Waals surface area contributed by atoms with Gasteiger partial charge in [-0.2, -0.15) is 0 Å². The molecule has 1 unspecified atom stereocenters. The first kappa shape index (κ1) is 16.0. The summed E-state index contributed by atoms with van der Waals surface area (Å²) >= 11 is 5.82. The van der Waals surface area contributed by atoms with Crippen LogP contribution in [0.5, 0.6) is 0 Å². The average molecular weight is 307 g/mol. The number of likely N-dealkylation sites (N-methyl/N-ethyl adjacent to an activating group) is 1. The number of benzene rings is 2. The highest BCUT2D eigenvalue weighted by atomic mass is 35.5. The van der Waals surface area contributed by atoms with Gasteiger partial charge in [0.2, 0.25) is 0 Å². The highest BCUT2D eigenvalue weighted by molar-refractivity contribution is 6.30. The molecule has 0 aliphatic carbocycles. The molecule has 112 valence electrons. The van der Waals surface area contributed by atoms with Gasteiger partial charge in [0, 0.05) is 19.1 Å². The van der Waals surface area contributed by atoms with E-state index >= 15 is 0 Å². The van der Waals surface area contributed by atoms with Crippen LogP contribution in [0.2, 0.25) is 5.02 Å². The predicted molar refractivity (Wildman–Crippen MR) is 86.0 cm³/mol. The lowest BCUT2D eigenvalue weighted by atomic mass is 10.1. The summed E-state index contributed by atoms with van der Waals surface area (Å²) in [6.07, 6.45) is 0. The molecule has 0 heterocycles. The fraction of sp³-hybridized carbons (Fsp3) is 0.294. The van der Waals surface area contributed by atoms with Crippen LogP contribution in [0.3, 0.4) is 0 Å². The first-order chi connectivity index (χ1) is 10.1. The summed E-state index contributed by atoms with van der Waals surface area (Å²) in [6.45, 7) is 1.53. The molecule has 2 aromatic carbocycles. The van der Waals surface area contributed by atoms with E-state index in [2.05, 4.69) is 22.3 Å². The van der Waals surface area contributed by atoms with Crippen molar-refractivity contribution in [2.75, 3.05) is 20.6 Å². The molecule has 0 saturated heterocycles. The second-order valence-electron chi connectivity index (χ2n) is 5.35. The van der Waals surface area contributed by atoms with Crippen molar-refractivity contribution >= 4 is 11.6 Å². The number of rotatable bonds is 6. The fourth-order valence-corrected chi connectivity index (χ4v) is 2.43. The second kappa shape index (κ2) is 7.55. The zero-order chi connectivity index (χ0) is 15.2. The Bertz CT molecular complexity index is 572. The van der Waals surface area contributed by atoms with Crippen LogP contribution >= 0.6 is 11.6 Å². The maximum absolute atomic E-state index is 13.2. The number of nitrogens with zero attached hydrogens (tertiary/aromatic N) is 1. The van der Waals surface area contributed by atoms with Crippen LogP contribution in [0.4, 0.5) is 4.39 Å². The van der Waals surface area contributed by atoms with Gasteiger partial charge in [0.25, 0.3) is 0 Å². The molecule has 0 aliphatic rings. The standard InChI is InChI=1S/C17H20ClFN2/c1-21(2)12-17(14-6-4-3-5-7-14)20-11-13-8-9-16(19)15(18)10-13/h3-10,17,20H,11-12H2,1-2H3.